The van der Waals surface area contributed by atoms with E-state index in [1.54, 1.807) is 7.11 Å². The largest absolute Gasteiger partial charge is 0.377 e. The van der Waals surface area contributed by atoms with Crippen molar-refractivity contribution in [1.29, 1.82) is 0 Å². The van der Waals surface area contributed by atoms with Crippen LogP contribution < -0.4 is 5.32 Å². The van der Waals surface area contributed by atoms with E-state index in [4.69, 9.17) is 16.3 Å². The summed E-state index contributed by atoms with van der Waals surface area (Å²) >= 11 is 6.15. The lowest BCUT2D eigenvalue weighted by Crippen LogP contribution is -2.41. The first-order valence-electron chi connectivity index (χ1n) is 6.82. The van der Waals surface area contributed by atoms with Gasteiger partial charge in [-0.1, -0.05) is 31.5 Å². The van der Waals surface area contributed by atoms with Crippen molar-refractivity contribution in [2.75, 3.05) is 13.7 Å². The maximum absolute atomic E-state index is 6.15. The van der Waals surface area contributed by atoms with Gasteiger partial charge in [0.25, 0.3) is 0 Å². The van der Waals surface area contributed by atoms with Crippen molar-refractivity contribution >= 4 is 11.6 Å². The van der Waals surface area contributed by atoms with Gasteiger partial charge in [0, 0.05) is 24.7 Å². The number of nitrogens with one attached hydrogen (secondary N) is 1. The summed E-state index contributed by atoms with van der Waals surface area (Å²) in [6.07, 6.45) is 1.09. The Morgan fingerprint density at radius 3 is 2.74 bits per heavy atom. The van der Waals surface area contributed by atoms with Crippen LogP contribution in [-0.4, -0.2) is 19.3 Å². The van der Waals surface area contributed by atoms with E-state index in [0.717, 1.165) is 18.0 Å². The average molecular weight is 282 g/mol. The quantitative estimate of drug-likeness (QED) is 0.901. The van der Waals surface area contributed by atoms with E-state index < -0.39 is 0 Å². The van der Waals surface area contributed by atoms with Crippen molar-refractivity contribution in [1.82, 2.24) is 5.32 Å². The summed E-state index contributed by atoms with van der Waals surface area (Å²) in [6, 6.07) is 6.57. The monoisotopic (exact) mass is 281 g/mol. The Morgan fingerprint density at radius 1 is 1.42 bits per heavy atom. The van der Waals surface area contributed by atoms with Crippen LogP contribution in [0.4, 0.5) is 0 Å². The minimum absolute atomic E-state index is 0.155. The van der Waals surface area contributed by atoms with Crippen molar-refractivity contribution in [3.05, 3.63) is 34.3 Å². The molecule has 1 aliphatic rings. The Labute approximate surface area is 121 Å². The van der Waals surface area contributed by atoms with Crippen LogP contribution in [0.15, 0.2) is 18.2 Å². The van der Waals surface area contributed by atoms with Crippen LogP contribution in [0.1, 0.15) is 44.9 Å². The lowest BCUT2D eigenvalue weighted by Gasteiger charge is -2.32. The molecule has 1 aromatic carbocycles. The van der Waals surface area contributed by atoms with Crippen LogP contribution in [0.25, 0.3) is 0 Å². The Hall–Kier alpha value is -0.570. The fraction of sp³-hybridized carbons (Fsp3) is 0.625. The highest BCUT2D eigenvalue weighted by Gasteiger charge is 2.39. The van der Waals surface area contributed by atoms with Gasteiger partial charge < -0.3 is 10.1 Å². The standard InChI is InChI=1S/C16H24ClNO/c1-15(2)9-11-6-7-12(17)8-13(11)14(15)18-10-16(3,4)19-5/h6-8,14,18H,9-10H2,1-5H3. The molecule has 1 N–H and O–H groups in total. The molecule has 1 aromatic rings. The van der Waals surface area contributed by atoms with Crippen molar-refractivity contribution in [3.63, 3.8) is 0 Å². The molecule has 106 valence electrons. The number of rotatable bonds is 4. The summed E-state index contributed by atoms with van der Waals surface area (Å²) in [5.74, 6) is 0. The summed E-state index contributed by atoms with van der Waals surface area (Å²) in [5, 5.41) is 4.48. The van der Waals surface area contributed by atoms with E-state index in [2.05, 4.69) is 45.1 Å². The number of benzene rings is 1. The van der Waals surface area contributed by atoms with E-state index >= 15 is 0 Å². The third-order valence-corrected chi connectivity index (χ3v) is 4.37. The van der Waals surface area contributed by atoms with Gasteiger partial charge >= 0.3 is 0 Å². The molecular weight excluding hydrogens is 258 g/mol. The van der Waals surface area contributed by atoms with Gasteiger partial charge in [0.2, 0.25) is 0 Å². The number of fused-ring (bicyclic) bond motifs is 1. The lowest BCUT2D eigenvalue weighted by atomic mass is 9.85. The van der Waals surface area contributed by atoms with E-state index in [-0.39, 0.29) is 11.0 Å². The minimum atomic E-state index is -0.155. The summed E-state index contributed by atoms with van der Waals surface area (Å²) in [7, 11) is 1.76. The van der Waals surface area contributed by atoms with E-state index in [1.165, 1.54) is 11.1 Å². The Bertz CT molecular complexity index is 468. The number of methoxy groups -OCH3 is 1. The summed E-state index contributed by atoms with van der Waals surface area (Å²) in [6.45, 7) is 9.63. The molecule has 0 saturated carbocycles. The van der Waals surface area contributed by atoms with Crippen LogP contribution in [0, 0.1) is 5.41 Å². The van der Waals surface area contributed by atoms with Crippen molar-refractivity contribution < 1.29 is 4.74 Å². The molecule has 2 rings (SSSR count). The fourth-order valence-electron chi connectivity index (χ4n) is 2.82. The van der Waals surface area contributed by atoms with E-state index in [9.17, 15) is 0 Å². The fourth-order valence-corrected chi connectivity index (χ4v) is 3.00. The number of hydrogen-bond donors (Lipinski definition) is 1. The van der Waals surface area contributed by atoms with Crippen molar-refractivity contribution in [3.8, 4) is 0 Å². The third kappa shape index (κ3) is 3.13. The maximum Gasteiger partial charge on any atom is 0.0746 e. The predicted molar refractivity (Wildman–Crippen MR) is 80.8 cm³/mol. The molecule has 0 fully saturated rings. The summed E-state index contributed by atoms with van der Waals surface area (Å²) in [4.78, 5) is 0. The Morgan fingerprint density at radius 2 is 2.11 bits per heavy atom. The maximum atomic E-state index is 6.15. The third-order valence-electron chi connectivity index (χ3n) is 4.13. The molecule has 19 heavy (non-hydrogen) atoms. The molecular formula is C16H24ClNO. The topological polar surface area (TPSA) is 21.3 Å². The first-order valence-corrected chi connectivity index (χ1v) is 7.20. The number of hydrogen-bond acceptors (Lipinski definition) is 2. The normalized spacial score (nSPS) is 21.5. The second-order valence-corrected chi connectivity index (χ2v) is 7.22. The molecule has 0 aromatic heterocycles. The molecule has 1 aliphatic carbocycles. The van der Waals surface area contributed by atoms with Crippen LogP contribution in [0.5, 0.6) is 0 Å². The second kappa shape index (κ2) is 5.08. The molecule has 0 radical (unpaired) electrons. The SMILES string of the molecule is COC(C)(C)CNC1c2cc(Cl)ccc2CC1(C)C. The van der Waals surface area contributed by atoms with Crippen LogP contribution in [-0.2, 0) is 11.2 Å². The van der Waals surface area contributed by atoms with E-state index in [0.29, 0.717) is 6.04 Å². The molecule has 0 amide bonds. The second-order valence-electron chi connectivity index (χ2n) is 6.79. The summed E-state index contributed by atoms with van der Waals surface area (Å²) < 4.78 is 5.49. The molecule has 1 unspecified atom stereocenters. The Balaban J connectivity index is 2.22. The lowest BCUT2D eigenvalue weighted by molar-refractivity contribution is 0.0177. The van der Waals surface area contributed by atoms with Gasteiger partial charge in [0.15, 0.2) is 0 Å². The molecule has 2 nitrogen and oxygen atoms in total. The molecule has 1 atom stereocenters. The molecule has 0 heterocycles. The first kappa shape index (κ1) is 14.8. The molecule has 0 aliphatic heterocycles. The van der Waals surface area contributed by atoms with Gasteiger partial charge in [0.1, 0.15) is 0 Å². The molecule has 0 bridgehead atoms. The molecule has 3 heteroatoms. The highest BCUT2D eigenvalue weighted by Crippen LogP contribution is 2.45. The van der Waals surface area contributed by atoms with Crippen molar-refractivity contribution in [2.24, 2.45) is 5.41 Å². The van der Waals surface area contributed by atoms with Crippen molar-refractivity contribution in [2.45, 2.75) is 45.8 Å². The van der Waals surface area contributed by atoms with Gasteiger partial charge in [-0.15, -0.1) is 0 Å². The van der Waals surface area contributed by atoms with Gasteiger partial charge in [-0.2, -0.15) is 0 Å². The van der Waals surface area contributed by atoms with E-state index in [1.807, 2.05) is 6.07 Å². The Kier molecular flexibility index (Phi) is 3.97. The zero-order chi connectivity index (χ0) is 14.3. The predicted octanol–water partition coefficient (Wildman–Crippen LogP) is 3.98. The molecule has 0 spiro atoms. The highest BCUT2D eigenvalue weighted by molar-refractivity contribution is 6.30. The van der Waals surface area contributed by atoms with Gasteiger partial charge in [0.05, 0.1) is 5.60 Å². The number of ether oxygens (including phenoxy) is 1. The molecule has 0 saturated heterocycles. The highest BCUT2D eigenvalue weighted by atomic mass is 35.5. The average Bonchev–Trinajstić information content (AvgIpc) is 2.56. The van der Waals surface area contributed by atoms with Gasteiger partial charge in [-0.3, -0.25) is 0 Å². The van der Waals surface area contributed by atoms with Crippen LogP contribution in [0.2, 0.25) is 5.02 Å². The van der Waals surface area contributed by atoms with Crippen LogP contribution in [0.3, 0.4) is 0 Å². The zero-order valence-corrected chi connectivity index (χ0v) is 13.3. The smallest absolute Gasteiger partial charge is 0.0746 e. The zero-order valence-electron chi connectivity index (χ0n) is 12.5. The first-order chi connectivity index (χ1) is 8.75. The van der Waals surface area contributed by atoms with Gasteiger partial charge in [-0.05, 0) is 48.9 Å². The van der Waals surface area contributed by atoms with Crippen LogP contribution >= 0.6 is 11.6 Å². The number of halogens is 1. The van der Waals surface area contributed by atoms with Gasteiger partial charge in [-0.25, -0.2) is 0 Å². The minimum Gasteiger partial charge on any atom is -0.377 e. The summed E-state index contributed by atoms with van der Waals surface area (Å²) in [5.41, 5.74) is 2.79.